The van der Waals surface area contributed by atoms with Crippen molar-refractivity contribution in [2.45, 2.75) is 6.92 Å². The number of carbonyl (C=O) groups is 1. The van der Waals surface area contributed by atoms with Crippen LogP contribution in [0.2, 0.25) is 5.02 Å². The zero-order chi connectivity index (χ0) is 17.1. The molecular weight excluding hydrogens is 326 g/mol. The lowest BCUT2D eigenvalue weighted by Crippen LogP contribution is -2.37. The highest BCUT2D eigenvalue weighted by Crippen LogP contribution is 2.34. The van der Waals surface area contributed by atoms with Gasteiger partial charge in [0.1, 0.15) is 0 Å². The summed E-state index contributed by atoms with van der Waals surface area (Å²) in [5.74, 6) is -0.198. The van der Waals surface area contributed by atoms with Crippen LogP contribution in [0.1, 0.15) is 15.9 Å². The van der Waals surface area contributed by atoms with Crippen LogP contribution in [0.15, 0.2) is 36.4 Å². The SMILES string of the molecule is Cc1ccc(N)cc1C(=O)Nc1cccc(Cl)c1N1CCOCC1. The van der Waals surface area contributed by atoms with E-state index in [4.69, 9.17) is 22.1 Å². The predicted octanol–water partition coefficient (Wildman–Crippen LogP) is 3.32. The quantitative estimate of drug-likeness (QED) is 0.837. The number of nitrogens with one attached hydrogen (secondary N) is 1. The fourth-order valence-electron chi connectivity index (χ4n) is 2.80. The minimum atomic E-state index is -0.198. The van der Waals surface area contributed by atoms with Crippen molar-refractivity contribution in [2.75, 3.05) is 42.3 Å². The van der Waals surface area contributed by atoms with Crippen LogP contribution in [0.4, 0.5) is 17.1 Å². The van der Waals surface area contributed by atoms with Crippen molar-refractivity contribution in [3.63, 3.8) is 0 Å². The molecule has 1 fully saturated rings. The highest BCUT2D eigenvalue weighted by molar-refractivity contribution is 6.34. The number of halogens is 1. The molecule has 0 aliphatic carbocycles. The van der Waals surface area contributed by atoms with E-state index in [0.29, 0.717) is 35.2 Å². The number of anilines is 3. The van der Waals surface area contributed by atoms with E-state index in [1.165, 1.54) is 0 Å². The van der Waals surface area contributed by atoms with Gasteiger partial charge in [0.25, 0.3) is 5.91 Å². The van der Waals surface area contributed by atoms with Crippen molar-refractivity contribution in [1.29, 1.82) is 0 Å². The number of aryl methyl sites for hydroxylation is 1. The number of amides is 1. The topological polar surface area (TPSA) is 67.6 Å². The number of ether oxygens (including phenoxy) is 1. The lowest BCUT2D eigenvalue weighted by atomic mass is 10.1. The maximum Gasteiger partial charge on any atom is 0.256 e. The lowest BCUT2D eigenvalue weighted by molar-refractivity contribution is 0.102. The minimum absolute atomic E-state index is 0.198. The molecule has 0 atom stereocenters. The molecule has 0 unspecified atom stereocenters. The second-order valence-corrected chi connectivity index (χ2v) is 6.17. The Kier molecular flexibility index (Phi) is 4.92. The van der Waals surface area contributed by atoms with E-state index in [1.807, 2.05) is 31.2 Å². The Hall–Kier alpha value is -2.24. The fourth-order valence-corrected chi connectivity index (χ4v) is 3.09. The summed E-state index contributed by atoms with van der Waals surface area (Å²) in [5, 5.41) is 3.58. The lowest BCUT2D eigenvalue weighted by Gasteiger charge is -2.31. The van der Waals surface area contributed by atoms with Crippen LogP contribution in [-0.2, 0) is 4.74 Å². The van der Waals surface area contributed by atoms with Gasteiger partial charge in [-0.3, -0.25) is 4.79 Å². The monoisotopic (exact) mass is 345 g/mol. The number of nitrogens with zero attached hydrogens (tertiary/aromatic N) is 1. The zero-order valence-corrected chi connectivity index (χ0v) is 14.3. The summed E-state index contributed by atoms with van der Waals surface area (Å²) in [5.41, 5.74) is 9.32. The number of para-hydroxylation sites is 1. The van der Waals surface area contributed by atoms with Crippen LogP contribution in [0.25, 0.3) is 0 Å². The number of nitrogens with two attached hydrogens (primary N) is 1. The first-order chi connectivity index (χ1) is 11.6. The van der Waals surface area contributed by atoms with Gasteiger partial charge in [0.05, 0.1) is 29.6 Å². The Balaban J connectivity index is 1.91. The molecule has 0 bridgehead atoms. The summed E-state index contributed by atoms with van der Waals surface area (Å²) in [6, 6.07) is 10.8. The number of morpholine rings is 1. The second kappa shape index (κ2) is 7.11. The van der Waals surface area contributed by atoms with Crippen molar-refractivity contribution in [1.82, 2.24) is 0 Å². The predicted molar refractivity (Wildman–Crippen MR) is 98.0 cm³/mol. The Bertz CT molecular complexity index is 758. The van der Waals surface area contributed by atoms with E-state index in [9.17, 15) is 4.79 Å². The fraction of sp³-hybridized carbons (Fsp3) is 0.278. The third-order valence-electron chi connectivity index (χ3n) is 4.07. The summed E-state index contributed by atoms with van der Waals surface area (Å²) in [6.07, 6.45) is 0. The van der Waals surface area contributed by atoms with Gasteiger partial charge in [0.15, 0.2) is 0 Å². The normalized spacial score (nSPS) is 14.5. The van der Waals surface area contributed by atoms with Crippen LogP contribution in [0.5, 0.6) is 0 Å². The van der Waals surface area contributed by atoms with Crippen molar-refractivity contribution < 1.29 is 9.53 Å². The van der Waals surface area contributed by atoms with E-state index in [2.05, 4.69) is 10.2 Å². The van der Waals surface area contributed by atoms with E-state index in [1.54, 1.807) is 12.1 Å². The van der Waals surface area contributed by atoms with Crippen LogP contribution in [0.3, 0.4) is 0 Å². The van der Waals surface area contributed by atoms with E-state index >= 15 is 0 Å². The molecule has 0 radical (unpaired) electrons. The molecular formula is C18H20ClN3O2. The number of rotatable bonds is 3. The van der Waals surface area contributed by atoms with Crippen LogP contribution in [0, 0.1) is 6.92 Å². The molecule has 2 aromatic carbocycles. The largest absolute Gasteiger partial charge is 0.399 e. The van der Waals surface area contributed by atoms with Crippen molar-refractivity contribution >= 4 is 34.6 Å². The number of carbonyl (C=O) groups excluding carboxylic acids is 1. The molecule has 0 saturated carbocycles. The van der Waals surface area contributed by atoms with Crippen LogP contribution in [-0.4, -0.2) is 32.2 Å². The Labute approximate surface area is 146 Å². The van der Waals surface area contributed by atoms with Gasteiger partial charge in [0, 0.05) is 24.3 Å². The van der Waals surface area contributed by atoms with Gasteiger partial charge in [-0.2, -0.15) is 0 Å². The molecule has 1 amide bonds. The highest BCUT2D eigenvalue weighted by Gasteiger charge is 2.20. The molecule has 5 nitrogen and oxygen atoms in total. The molecule has 2 aromatic rings. The van der Waals surface area contributed by atoms with E-state index in [-0.39, 0.29) is 5.91 Å². The van der Waals surface area contributed by atoms with E-state index in [0.717, 1.165) is 24.3 Å². The molecule has 3 N–H and O–H groups in total. The van der Waals surface area contributed by atoms with Crippen LogP contribution < -0.4 is 16.0 Å². The molecule has 1 aliphatic rings. The van der Waals surface area contributed by atoms with Gasteiger partial charge < -0.3 is 20.7 Å². The molecule has 24 heavy (non-hydrogen) atoms. The first-order valence-corrected chi connectivity index (χ1v) is 8.23. The number of benzene rings is 2. The summed E-state index contributed by atoms with van der Waals surface area (Å²) in [6.45, 7) is 4.66. The summed E-state index contributed by atoms with van der Waals surface area (Å²) in [4.78, 5) is 14.8. The van der Waals surface area contributed by atoms with E-state index < -0.39 is 0 Å². The smallest absolute Gasteiger partial charge is 0.256 e. The second-order valence-electron chi connectivity index (χ2n) is 5.76. The summed E-state index contributed by atoms with van der Waals surface area (Å²) in [7, 11) is 0. The average molecular weight is 346 g/mol. The van der Waals surface area contributed by atoms with Crippen molar-refractivity contribution in [2.24, 2.45) is 0 Å². The minimum Gasteiger partial charge on any atom is -0.399 e. The maximum absolute atomic E-state index is 12.7. The third-order valence-corrected chi connectivity index (χ3v) is 4.37. The van der Waals surface area contributed by atoms with Gasteiger partial charge in [0.2, 0.25) is 0 Å². The third kappa shape index (κ3) is 3.47. The van der Waals surface area contributed by atoms with Crippen molar-refractivity contribution in [3.05, 3.63) is 52.5 Å². The van der Waals surface area contributed by atoms with Gasteiger partial charge in [-0.25, -0.2) is 0 Å². The Morgan fingerprint density at radius 2 is 2.00 bits per heavy atom. The Morgan fingerprint density at radius 1 is 1.25 bits per heavy atom. The summed E-state index contributed by atoms with van der Waals surface area (Å²) >= 11 is 6.39. The van der Waals surface area contributed by atoms with Crippen molar-refractivity contribution in [3.8, 4) is 0 Å². The number of hydrogen-bond donors (Lipinski definition) is 2. The number of hydrogen-bond acceptors (Lipinski definition) is 4. The Morgan fingerprint density at radius 3 is 2.75 bits per heavy atom. The first-order valence-electron chi connectivity index (χ1n) is 7.85. The van der Waals surface area contributed by atoms with Gasteiger partial charge in [-0.1, -0.05) is 23.7 Å². The highest BCUT2D eigenvalue weighted by atomic mass is 35.5. The standard InChI is InChI=1S/C18H20ClN3O2/c1-12-5-6-13(20)11-14(12)18(23)21-16-4-2-3-15(19)17(16)22-7-9-24-10-8-22/h2-6,11H,7-10,20H2,1H3,(H,21,23). The van der Waals surface area contributed by atoms with Gasteiger partial charge in [-0.15, -0.1) is 0 Å². The molecule has 1 saturated heterocycles. The average Bonchev–Trinajstić information content (AvgIpc) is 2.58. The molecule has 0 spiro atoms. The summed E-state index contributed by atoms with van der Waals surface area (Å²) < 4.78 is 5.39. The first kappa shape index (κ1) is 16.6. The number of nitrogen functional groups attached to an aromatic ring is 1. The molecule has 126 valence electrons. The van der Waals surface area contributed by atoms with Gasteiger partial charge in [-0.05, 0) is 36.8 Å². The molecule has 3 rings (SSSR count). The maximum atomic E-state index is 12.7. The van der Waals surface area contributed by atoms with Crippen LogP contribution >= 0.6 is 11.6 Å². The molecule has 6 heteroatoms. The zero-order valence-electron chi connectivity index (χ0n) is 13.5. The molecule has 1 heterocycles. The molecule has 0 aromatic heterocycles. The molecule has 1 aliphatic heterocycles. The van der Waals surface area contributed by atoms with Gasteiger partial charge >= 0.3 is 0 Å².